The smallest absolute Gasteiger partial charge is 0.256 e. The number of fused-ring (bicyclic) bond motifs is 1. The van der Waals surface area contributed by atoms with Crippen LogP contribution in [0, 0.1) is 5.41 Å². The van der Waals surface area contributed by atoms with Gasteiger partial charge in [-0.3, -0.25) is 4.79 Å². The molecule has 134 valence electrons. The van der Waals surface area contributed by atoms with E-state index in [2.05, 4.69) is 12.2 Å². The number of ether oxygens (including phenoxy) is 2. The minimum atomic E-state index is -0.174. The fourth-order valence-corrected chi connectivity index (χ4v) is 3.37. The minimum absolute atomic E-state index is 0.0259. The number of benzene rings is 2. The zero-order valence-electron chi connectivity index (χ0n) is 14.1. The van der Waals surface area contributed by atoms with E-state index in [1.54, 1.807) is 30.3 Å². The van der Waals surface area contributed by atoms with Gasteiger partial charge in [0.25, 0.3) is 5.91 Å². The molecule has 1 fully saturated rings. The van der Waals surface area contributed by atoms with Crippen LogP contribution in [-0.2, 0) is 9.53 Å². The molecule has 1 amide bonds. The predicted molar refractivity (Wildman–Crippen MR) is 104 cm³/mol. The van der Waals surface area contributed by atoms with Gasteiger partial charge in [-0.15, -0.1) is 0 Å². The van der Waals surface area contributed by atoms with Crippen molar-refractivity contribution in [3.8, 4) is 5.75 Å². The van der Waals surface area contributed by atoms with Crippen molar-refractivity contribution in [2.24, 2.45) is 5.41 Å². The summed E-state index contributed by atoms with van der Waals surface area (Å²) in [6.45, 7) is 4.04. The first kappa shape index (κ1) is 17.4. The molecule has 0 atom stereocenters. The molecular formula is C20H17Cl2NO3. The zero-order valence-corrected chi connectivity index (χ0v) is 15.7. The van der Waals surface area contributed by atoms with Crippen molar-refractivity contribution in [1.82, 2.24) is 0 Å². The lowest BCUT2D eigenvalue weighted by Gasteiger charge is -2.37. The first-order chi connectivity index (χ1) is 12.4. The summed E-state index contributed by atoms with van der Waals surface area (Å²) < 4.78 is 11.3. The Kier molecular flexibility index (Phi) is 4.43. The fraction of sp³-hybridized carbons (Fsp3) is 0.250. The highest BCUT2D eigenvalue weighted by Gasteiger charge is 2.34. The van der Waals surface area contributed by atoms with Crippen LogP contribution >= 0.6 is 23.2 Å². The van der Waals surface area contributed by atoms with Gasteiger partial charge in [-0.05, 0) is 36.4 Å². The van der Waals surface area contributed by atoms with Crippen LogP contribution in [0.1, 0.15) is 18.1 Å². The van der Waals surface area contributed by atoms with E-state index in [1.165, 1.54) is 0 Å². The van der Waals surface area contributed by atoms with Crippen LogP contribution in [0.15, 0.2) is 36.4 Å². The molecule has 0 bridgehead atoms. The third-order valence-corrected chi connectivity index (χ3v) is 4.98. The van der Waals surface area contributed by atoms with Gasteiger partial charge < -0.3 is 14.8 Å². The summed E-state index contributed by atoms with van der Waals surface area (Å²) in [5.74, 6) is 0.512. The number of hydrogen-bond donors (Lipinski definition) is 1. The van der Waals surface area contributed by atoms with Gasteiger partial charge in [0.2, 0.25) is 0 Å². The van der Waals surface area contributed by atoms with Crippen molar-refractivity contribution in [2.75, 3.05) is 25.1 Å². The van der Waals surface area contributed by atoms with Crippen LogP contribution in [0.4, 0.5) is 5.69 Å². The second-order valence-corrected chi connectivity index (χ2v) is 7.85. The first-order valence-corrected chi connectivity index (χ1v) is 9.02. The Labute approximate surface area is 161 Å². The normalized spacial score (nSPS) is 19.0. The Morgan fingerprint density at radius 3 is 2.65 bits per heavy atom. The lowest BCUT2D eigenvalue weighted by atomic mass is 9.90. The number of carbonyl (C=O) groups excluding carboxylic acids is 1. The molecule has 4 nitrogen and oxygen atoms in total. The van der Waals surface area contributed by atoms with Crippen molar-refractivity contribution in [1.29, 1.82) is 0 Å². The second-order valence-electron chi connectivity index (χ2n) is 6.98. The highest BCUT2D eigenvalue weighted by Crippen LogP contribution is 2.37. The lowest BCUT2D eigenvalue weighted by Crippen LogP contribution is -2.44. The Balaban J connectivity index is 1.68. The van der Waals surface area contributed by atoms with Gasteiger partial charge in [0, 0.05) is 32.2 Å². The van der Waals surface area contributed by atoms with Gasteiger partial charge in [0.1, 0.15) is 5.75 Å². The van der Waals surface area contributed by atoms with Gasteiger partial charge >= 0.3 is 0 Å². The number of anilines is 1. The molecular weight excluding hydrogens is 373 g/mol. The van der Waals surface area contributed by atoms with Crippen LogP contribution in [0.25, 0.3) is 11.6 Å². The zero-order chi connectivity index (χ0) is 18.3. The van der Waals surface area contributed by atoms with Gasteiger partial charge in [0.05, 0.1) is 25.5 Å². The molecule has 0 aliphatic carbocycles. The van der Waals surface area contributed by atoms with E-state index in [0.717, 1.165) is 11.1 Å². The van der Waals surface area contributed by atoms with Crippen molar-refractivity contribution >= 4 is 46.4 Å². The highest BCUT2D eigenvalue weighted by molar-refractivity contribution is 6.37. The summed E-state index contributed by atoms with van der Waals surface area (Å²) in [6.07, 6.45) is 1.80. The molecule has 0 radical (unpaired) electrons. The fourth-order valence-electron chi connectivity index (χ4n) is 3.01. The van der Waals surface area contributed by atoms with Crippen LogP contribution < -0.4 is 10.1 Å². The Morgan fingerprint density at radius 2 is 1.92 bits per heavy atom. The van der Waals surface area contributed by atoms with E-state index in [-0.39, 0.29) is 11.3 Å². The molecule has 2 heterocycles. The van der Waals surface area contributed by atoms with Gasteiger partial charge in [-0.2, -0.15) is 0 Å². The molecule has 4 rings (SSSR count). The Hall–Kier alpha value is -2.01. The maximum absolute atomic E-state index is 12.4. The van der Waals surface area contributed by atoms with Gasteiger partial charge in [0.15, 0.2) is 0 Å². The molecule has 0 unspecified atom stereocenters. The van der Waals surface area contributed by atoms with E-state index in [9.17, 15) is 4.79 Å². The second kappa shape index (κ2) is 6.62. The number of halogens is 2. The SMILES string of the molecule is CC1(COc2ccc(Cl)cc2/C=C2/C(=O)Nc3cc(Cl)ccc32)COC1. The van der Waals surface area contributed by atoms with Crippen LogP contribution in [0.2, 0.25) is 10.0 Å². The van der Waals surface area contributed by atoms with Gasteiger partial charge in [-0.25, -0.2) is 0 Å². The molecule has 2 aliphatic rings. The molecule has 2 aromatic carbocycles. The maximum atomic E-state index is 12.4. The van der Waals surface area contributed by atoms with Crippen molar-refractivity contribution in [3.63, 3.8) is 0 Å². The summed E-state index contributed by atoms with van der Waals surface area (Å²) in [4.78, 5) is 12.4. The van der Waals surface area contributed by atoms with Crippen LogP contribution in [0.5, 0.6) is 5.75 Å². The molecule has 26 heavy (non-hydrogen) atoms. The van der Waals surface area contributed by atoms with Crippen LogP contribution in [-0.4, -0.2) is 25.7 Å². The van der Waals surface area contributed by atoms with Gasteiger partial charge in [-0.1, -0.05) is 36.2 Å². The van der Waals surface area contributed by atoms with E-state index in [1.807, 2.05) is 12.1 Å². The maximum Gasteiger partial charge on any atom is 0.256 e. The quantitative estimate of drug-likeness (QED) is 0.756. The summed E-state index contributed by atoms with van der Waals surface area (Å²) in [5, 5.41) is 3.99. The van der Waals surface area contributed by atoms with Crippen molar-refractivity contribution in [2.45, 2.75) is 6.92 Å². The van der Waals surface area contributed by atoms with Crippen molar-refractivity contribution in [3.05, 3.63) is 57.6 Å². The number of hydrogen-bond acceptors (Lipinski definition) is 3. The summed E-state index contributed by atoms with van der Waals surface area (Å²) >= 11 is 12.2. The average molecular weight is 390 g/mol. The van der Waals surface area contributed by atoms with E-state index in [4.69, 9.17) is 32.7 Å². The average Bonchev–Trinajstić information content (AvgIpc) is 2.87. The number of nitrogens with one attached hydrogen (secondary N) is 1. The molecule has 6 heteroatoms. The number of rotatable bonds is 4. The van der Waals surface area contributed by atoms with Crippen molar-refractivity contribution < 1.29 is 14.3 Å². The minimum Gasteiger partial charge on any atom is -0.492 e. The lowest BCUT2D eigenvalue weighted by molar-refractivity contribution is -0.120. The number of amides is 1. The van der Waals surface area contributed by atoms with Crippen LogP contribution in [0.3, 0.4) is 0 Å². The predicted octanol–water partition coefficient (Wildman–Crippen LogP) is 4.90. The third kappa shape index (κ3) is 3.32. The summed E-state index contributed by atoms with van der Waals surface area (Å²) in [6, 6.07) is 10.7. The first-order valence-electron chi connectivity index (χ1n) is 8.27. The van der Waals surface area contributed by atoms with E-state index in [0.29, 0.717) is 46.9 Å². The topological polar surface area (TPSA) is 47.6 Å². The molecule has 1 N–H and O–H groups in total. The Bertz CT molecular complexity index is 919. The molecule has 0 saturated carbocycles. The summed E-state index contributed by atoms with van der Waals surface area (Å²) in [7, 11) is 0. The van der Waals surface area contributed by atoms with E-state index >= 15 is 0 Å². The third-order valence-electron chi connectivity index (χ3n) is 4.51. The summed E-state index contributed by atoms with van der Waals surface area (Å²) in [5.41, 5.74) is 2.86. The number of carbonyl (C=O) groups is 1. The molecule has 0 spiro atoms. The molecule has 2 aromatic rings. The molecule has 1 saturated heterocycles. The highest BCUT2D eigenvalue weighted by atomic mass is 35.5. The molecule has 0 aromatic heterocycles. The molecule has 2 aliphatic heterocycles. The largest absolute Gasteiger partial charge is 0.492 e. The monoisotopic (exact) mass is 389 g/mol. The standard InChI is InChI=1S/C20H17Cl2NO3/c1-20(9-25-10-20)11-26-18-5-3-13(21)6-12(18)7-16-15-4-2-14(22)8-17(15)23-19(16)24/h2-8H,9-11H2,1H3,(H,23,24)/b16-7+. The van der Waals surface area contributed by atoms with E-state index < -0.39 is 0 Å². The Morgan fingerprint density at radius 1 is 1.19 bits per heavy atom.